The number of rotatable bonds is 4. The second kappa shape index (κ2) is 5.80. The Morgan fingerprint density at radius 1 is 1.28 bits per heavy atom. The highest BCUT2D eigenvalue weighted by Crippen LogP contribution is 2.18. The molecule has 0 unspecified atom stereocenters. The Morgan fingerprint density at radius 2 is 2.00 bits per heavy atom. The van der Waals surface area contributed by atoms with Crippen LogP contribution in [0.3, 0.4) is 0 Å². The second-order valence-corrected chi connectivity index (χ2v) is 4.45. The monoisotopic (exact) mass is 263 g/mol. The summed E-state index contributed by atoms with van der Waals surface area (Å²) in [6.45, 7) is 0.627. The minimum Gasteiger partial charge on any atom is -0.391 e. The summed E-state index contributed by atoms with van der Waals surface area (Å²) in [5.74, 6) is 0.738. The highest BCUT2D eigenvalue weighted by atomic mass is 35.5. The van der Waals surface area contributed by atoms with Crippen LogP contribution in [0.25, 0.3) is 0 Å². The van der Waals surface area contributed by atoms with Crippen molar-refractivity contribution in [1.29, 1.82) is 0 Å². The molecule has 0 aliphatic carbocycles. The van der Waals surface area contributed by atoms with Crippen LogP contribution in [0.1, 0.15) is 11.1 Å². The maximum atomic E-state index is 9.25. The van der Waals surface area contributed by atoms with E-state index in [0.29, 0.717) is 12.1 Å². The summed E-state index contributed by atoms with van der Waals surface area (Å²) in [4.78, 5) is 10.1. The molecule has 2 aromatic rings. The van der Waals surface area contributed by atoms with Gasteiger partial charge in [0, 0.05) is 30.4 Å². The van der Waals surface area contributed by atoms with Crippen LogP contribution in [0.4, 0.5) is 5.82 Å². The summed E-state index contributed by atoms with van der Waals surface area (Å²) in [6, 6.07) is 7.66. The third kappa shape index (κ3) is 2.97. The van der Waals surface area contributed by atoms with Gasteiger partial charge >= 0.3 is 0 Å². The van der Waals surface area contributed by atoms with E-state index >= 15 is 0 Å². The predicted molar refractivity (Wildman–Crippen MR) is 71.5 cm³/mol. The Kier molecular flexibility index (Phi) is 4.12. The van der Waals surface area contributed by atoms with Crippen molar-refractivity contribution < 1.29 is 5.11 Å². The number of hydrogen-bond donors (Lipinski definition) is 1. The number of benzene rings is 1. The molecule has 0 atom stereocenters. The highest BCUT2D eigenvalue weighted by Gasteiger charge is 2.08. The maximum absolute atomic E-state index is 9.25. The van der Waals surface area contributed by atoms with Gasteiger partial charge in [0.1, 0.15) is 12.1 Å². The Morgan fingerprint density at radius 3 is 2.67 bits per heavy atom. The topological polar surface area (TPSA) is 49.2 Å². The van der Waals surface area contributed by atoms with Crippen LogP contribution >= 0.6 is 11.6 Å². The molecule has 5 heteroatoms. The molecule has 0 fully saturated rings. The molecule has 0 saturated heterocycles. The van der Waals surface area contributed by atoms with Crippen molar-refractivity contribution in [3.8, 4) is 0 Å². The van der Waals surface area contributed by atoms with E-state index < -0.39 is 0 Å². The first-order valence-electron chi connectivity index (χ1n) is 5.56. The van der Waals surface area contributed by atoms with Gasteiger partial charge in [-0.2, -0.15) is 0 Å². The Balaban J connectivity index is 2.16. The third-order valence-electron chi connectivity index (χ3n) is 2.63. The van der Waals surface area contributed by atoms with Gasteiger partial charge in [0.2, 0.25) is 0 Å². The van der Waals surface area contributed by atoms with Crippen molar-refractivity contribution in [2.45, 2.75) is 13.2 Å². The zero-order valence-corrected chi connectivity index (χ0v) is 10.8. The van der Waals surface area contributed by atoms with Crippen molar-refractivity contribution in [2.75, 3.05) is 11.9 Å². The third-order valence-corrected chi connectivity index (χ3v) is 2.88. The zero-order valence-electron chi connectivity index (χ0n) is 10.0. The molecule has 4 nitrogen and oxygen atoms in total. The first kappa shape index (κ1) is 12.8. The fourth-order valence-corrected chi connectivity index (χ4v) is 1.87. The minimum absolute atomic E-state index is 0.0683. The number of aromatic nitrogens is 2. The minimum atomic E-state index is -0.0683. The average Bonchev–Trinajstić information content (AvgIpc) is 2.41. The van der Waals surface area contributed by atoms with Crippen molar-refractivity contribution in [1.82, 2.24) is 9.97 Å². The lowest BCUT2D eigenvalue weighted by Crippen LogP contribution is -2.19. The largest absolute Gasteiger partial charge is 0.391 e. The zero-order chi connectivity index (χ0) is 13.0. The standard InChI is InChI=1S/C13H14ClN3O/c1-17(7-10-2-4-12(14)5-3-10)13-11(8-18)6-15-9-16-13/h2-6,9,18H,7-8H2,1H3. The van der Waals surface area contributed by atoms with E-state index in [1.54, 1.807) is 6.20 Å². The maximum Gasteiger partial charge on any atom is 0.137 e. The number of hydrogen-bond acceptors (Lipinski definition) is 4. The molecule has 0 spiro atoms. The molecule has 2 rings (SSSR count). The molecule has 0 radical (unpaired) electrons. The molecule has 1 N–H and O–H groups in total. The summed E-state index contributed by atoms with van der Waals surface area (Å²) in [7, 11) is 1.93. The van der Waals surface area contributed by atoms with Crippen molar-refractivity contribution in [2.24, 2.45) is 0 Å². The van der Waals surface area contributed by atoms with E-state index in [2.05, 4.69) is 9.97 Å². The van der Waals surface area contributed by atoms with E-state index in [9.17, 15) is 5.11 Å². The first-order chi connectivity index (χ1) is 8.70. The molecule has 0 aliphatic heterocycles. The van der Waals surface area contributed by atoms with Gasteiger partial charge in [0.15, 0.2) is 0 Å². The summed E-state index contributed by atoms with van der Waals surface area (Å²) < 4.78 is 0. The first-order valence-corrected chi connectivity index (χ1v) is 5.94. The summed E-state index contributed by atoms with van der Waals surface area (Å²) >= 11 is 5.85. The fourth-order valence-electron chi connectivity index (χ4n) is 1.75. The van der Waals surface area contributed by atoms with E-state index in [1.807, 2.05) is 36.2 Å². The van der Waals surface area contributed by atoms with Crippen LogP contribution < -0.4 is 4.90 Å². The lowest BCUT2D eigenvalue weighted by Gasteiger charge is -2.20. The lowest BCUT2D eigenvalue weighted by molar-refractivity contribution is 0.281. The van der Waals surface area contributed by atoms with Crippen molar-refractivity contribution in [3.63, 3.8) is 0 Å². The van der Waals surface area contributed by atoms with Crippen molar-refractivity contribution in [3.05, 3.63) is 52.9 Å². The van der Waals surface area contributed by atoms with Crippen LogP contribution in [0.5, 0.6) is 0 Å². The fraction of sp³-hybridized carbons (Fsp3) is 0.231. The van der Waals surface area contributed by atoms with E-state index in [0.717, 1.165) is 16.4 Å². The Labute approximate surface area is 111 Å². The number of nitrogens with zero attached hydrogens (tertiary/aromatic N) is 3. The second-order valence-electron chi connectivity index (χ2n) is 4.01. The van der Waals surface area contributed by atoms with Crippen molar-refractivity contribution >= 4 is 17.4 Å². The normalized spacial score (nSPS) is 10.4. The number of anilines is 1. The van der Waals surface area contributed by atoms with Gasteiger partial charge < -0.3 is 10.0 Å². The molecular weight excluding hydrogens is 250 g/mol. The Hall–Kier alpha value is -1.65. The lowest BCUT2D eigenvalue weighted by atomic mass is 10.2. The number of aliphatic hydroxyl groups is 1. The molecular formula is C13H14ClN3O. The summed E-state index contributed by atoms with van der Waals surface area (Å²) in [5, 5.41) is 9.97. The summed E-state index contributed by atoms with van der Waals surface area (Å²) in [6.07, 6.45) is 3.10. The van der Waals surface area contributed by atoms with Gasteiger partial charge in [0.05, 0.1) is 6.61 Å². The van der Waals surface area contributed by atoms with Crippen LogP contribution in [-0.2, 0) is 13.2 Å². The van der Waals surface area contributed by atoms with Gasteiger partial charge in [-0.3, -0.25) is 0 Å². The highest BCUT2D eigenvalue weighted by molar-refractivity contribution is 6.30. The molecule has 1 heterocycles. The predicted octanol–water partition coefficient (Wildman–Crippen LogP) is 2.26. The molecule has 1 aromatic heterocycles. The molecule has 94 valence electrons. The molecule has 1 aromatic carbocycles. The molecule has 0 aliphatic rings. The van der Waals surface area contributed by atoms with E-state index in [1.165, 1.54) is 6.33 Å². The van der Waals surface area contributed by atoms with Gasteiger partial charge in [-0.25, -0.2) is 9.97 Å². The summed E-state index contributed by atoms with van der Waals surface area (Å²) in [5.41, 5.74) is 1.85. The molecule has 0 saturated carbocycles. The quantitative estimate of drug-likeness (QED) is 0.919. The molecule has 0 bridgehead atoms. The van der Waals surface area contributed by atoms with Gasteiger partial charge in [0.25, 0.3) is 0 Å². The van der Waals surface area contributed by atoms with Crippen LogP contribution in [-0.4, -0.2) is 22.1 Å². The van der Waals surface area contributed by atoms with Gasteiger partial charge in [-0.1, -0.05) is 23.7 Å². The van der Waals surface area contributed by atoms with Gasteiger partial charge in [-0.05, 0) is 17.7 Å². The average molecular weight is 264 g/mol. The van der Waals surface area contributed by atoms with E-state index in [4.69, 9.17) is 11.6 Å². The molecule has 18 heavy (non-hydrogen) atoms. The molecule has 0 amide bonds. The SMILES string of the molecule is CN(Cc1ccc(Cl)cc1)c1ncncc1CO. The van der Waals surface area contributed by atoms with Crippen LogP contribution in [0.2, 0.25) is 5.02 Å². The smallest absolute Gasteiger partial charge is 0.137 e. The van der Waals surface area contributed by atoms with Gasteiger partial charge in [-0.15, -0.1) is 0 Å². The number of aliphatic hydroxyl groups excluding tert-OH is 1. The van der Waals surface area contributed by atoms with E-state index in [-0.39, 0.29) is 6.61 Å². The number of halogens is 1. The Bertz CT molecular complexity index is 516. The van der Waals surface area contributed by atoms with Crippen LogP contribution in [0.15, 0.2) is 36.8 Å². The van der Waals surface area contributed by atoms with Crippen LogP contribution in [0, 0.1) is 0 Å².